The molecule has 0 fully saturated rings. The lowest BCUT2D eigenvalue weighted by molar-refractivity contribution is -0.641. The highest BCUT2D eigenvalue weighted by atomic mass is 32.8. The third-order valence-electron chi connectivity index (χ3n) is 0.909. The van der Waals surface area contributed by atoms with Crippen LogP contribution in [-0.4, -0.2) is 36.5 Å². The first kappa shape index (κ1) is 10.6. The molecular weight excluding hydrogens is 184 g/mol. The van der Waals surface area contributed by atoms with Gasteiger partial charge in [0.05, 0.1) is 14.1 Å². The summed E-state index contributed by atoms with van der Waals surface area (Å²) in [6, 6.07) is 0. The second kappa shape index (κ2) is 3.80. The first-order chi connectivity index (χ1) is 4.39. The van der Waals surface area contributed by atoms with E-state index in [9.17, 15) is 0 Å². The molecule has 0 saturated heterocycles. The molecule has 2 nitrogen and oxygen atoms in total. The van der Waals surface area contributed by atoms with Gasteiger partial charge in [-0.2, -0.15) is 0 Å². The molecule has 0 rings (SSSR count). The Balaban J connectivity index is 4.56. The van der Waals surface area contributed by atoms with Crippen molar-refractivity contribution >= 4 is 38.6 Å². The van der Waals surface area contributed by atoms with E-state index >= 15 is 0 Å². The van der Waals surface area contributed by atoms with Crippen LogP contribution in [0.25, 0.3) is 0 Å². The topological polar surface area (TPSA) is 12.4 Å². The summed E-state index contributed by atoms with van der Waals surface area (Å²) in [5, 5.41) is 0.894. The van der Waals surface area contributed by atoms with Crippen LogP contribution in [0.5, 0.6) is 0 Å². The third-order valence-corrected chi connectivity index (χ3v) is 2.80. The molecule has 0 aliphatic heterocycles. The average Bonchev–Trinajstić information content (AvgIpc) is 1.60. The SMILES string of the molecule is C/N=C(\S(C)=S)[N+](C)(C)[S-]. The maximum atomic E-state index is 5.13. The molecule has 10 heavy (non-hydrogen) atoms. The van der Waals surface area contributed by atoms with E-state index in [2.05, 4.69) is 4.99 Å². The predicted octanol–water partition coefficient (Wildman–Crippen LogP) is 0.221. The third kappa shape index (κ3) is 3.09. The molecule has 0 aromatic heterocycles. The van der Waals surface area contributed by atoms with Crippen molar-refractivity contribution in [1.82, 2.24) is 0 Å². The summed E-state index contributed by atoms with van der Waals surface area (Å²) < 4.78 is 0.333. The number of rotatable bonds is 0. The van der Waals surface area contributed by atoms with Crippen molar-refractivity contribution in [2.75, 3.05) is 27.4 Å². The standard InChI is InChI=1S/C5H12N2S3/c1-6-5(10(4)9)7(2,3)8/h1-4H3/b6-5-. The van der Waals surface area contributed by atoms with Crippen molar-refractivity contribution in [3.8, 4) is 0 Å². The van der Waals surface area contributed by atoms with Crippen LogP contribution >= 0.6 is 0 Å². The Kier molecular flexibility index (Phi) is 4.01. The zero-order valence-corrected chi connectivity index (χ0v) is 9.07. The molecule has 0 N–H and O–H groups in total. The van der Waals surface area contributed by atoms with Gasteiger partial charge < -0.3 is 16.7 Å². The number of hydrogen-bond donors (Lipinski definition) is 0. The molecule has 0 aromatic carbocycles. The van der Waals surface area contributed by atoms with Crippen molar-refractivity contribution in [1.29, 1.82) is 0 Å². The highest BCUT2D eigenvalue weighted by Gasteiger charge is 2.11. The largest absolute Gasteiger partial charge is 0.486 e. The summed E-state index contributed by atoms with van der Waals surface area (Å²) in [4.78, 5) is 4.05. The lowest BCUT2D eigenvalue weighted by Gasteiger charge is -2.34. The molecule has 0 heterocycles. The van der Waals surface area contributed by atoms with Gasteiger partial charge in [-0.3, -0.25) is 0 Å². The van der Waals surface area contributed by atoms with Gasteiger partial charge in [0.1, 0.15) is 0 Å². The van der Waals surface area contributed by atoms with E-state index in [0.717, 1.165) is 5.17 Å². The van der Waals surface area contributed by atoms with Gasteiger partial charge >= 0.3 is 0 Å². The molecule has 5 heteroatoms. The van der Waals surface area contributed by atoms with E-state index in [1.807, 2.05) is 20.4 Å². The van der Waals surface area contributed by atoms with E-state index in [0.29, 0.717) is 3.89 Å². The van der Waals surface area contributed by atoms with Gasteiger partial charge in [-0.05, 0) is 26.9 Å². The maximum absolute atomic E-state index is 5.13. The van der Waals surface area contributed by atoms with Crippen molar-refractivity contribution in [2.24, 2.45) is 4.99 Å². The quantitative estimate of drug-likeness (QED) is 0.238. The summed E-state index contributed by atoms with van der Waals surface area (Å²) in [6.45, 7) is 0. The van der Waals surface area contributed by atoms with Crippen molar-refractivity contribution in [3.05, 3.63) is 0 Å². The van der Waals surface area contributed by atoms with E-state index in [4.69, 9.17) is 24.0 Å². The fraction of sp³-hybridized carbons (Fsp3) is 0.800. The monoisotopic (exact) mass is 196 g/mol. The van der Waals surface area contributed by atoms with Gasteiger partial charge in [-0.1, -0.05) is 0 Å². The smallest absolute Gasteiger partial charge is 0.244 e. The number of hydrogen-bond acceptors (Lipinski definition) is 3. The molecule has 1 atom stereocenters. The van der Waals surface area contributed by atoms with Gasteiger partial charge in [-0.15, -0.1) is 0 Å². The molecule has 0 bridgehead atoms. The number of aliphatic imine (C=N–C) groups is 1. The Morgan fingerprint density at radius 3 is 2.00 bits per heavy atom. The Morgan fingerprint density at radius 1 is 1.60 bits per heavy atom. The first-order valence-corrected chi connectivity index (χ1v) is 5.67. The zero-order chi connectivity index (χ0) is 8.36. The highest BCUT2D eigenvalue weighted by Crippen LogP contribution is 1.99. The second-order valence-corrected chi connectivity index (χ2v) is 6.00. The van der Waals surface area contributed by atoms with Gasteiger partial charge in [-0.25, -0.2) is 4.99 Å². The molecule has 60 valence electrons. The molecule has 0 amide bonds. The van der Waals surface area contributed by atoms with Crippen LogP contribution in [0.2, 0.25) is 0 Å². The zero-order valence-electron chi connectivity index (χ0n) is 6.62. The molecule has 0 aliphatic carbocycles. The second-order valence-electron chi connectivity index (χ2n) is 2.31. The fourth-order valence-corrected chi connectivity index (χ4v) is 2.90. The number of amidine groups is 1. The molecule has 0 aromatic rings. The van der Waals surface area contributed by atoms with Crippen LogP contribution in [0.3, 0.4) is 0 Å². The Labute approximate surface area is 75.1 Å². The van der Waals surface area contributed by atoms with Gasteiger partial charge in [0.25, 0.3) is 0 Å². The minimum absolute atomic E-state index is 0.221. The Morgan fingerprint density at radius 2 is 2.00 bits per heavy atom. The predicted molar refractivity (Wildman–Crippen MR) is 53.5 cm³/mol. The van der Waals surface area contributed by atoms with Gasteiger partial charge in [0.2, 0.25) is 5.17 Å². The summed E-state index contributed by atoms with van der Waals surface area (Å²) >= 11 is 10.2. The van der Waals surface area contributed by atoms with Gasteiger partial charge in [0, 0.05) is 7.05 Å². The highest BCUT2D eigenvalue weighted by molar-refractivity contribution is 8.36. The summed E-state index contributed by atoms with van der Waals surface area (Å²) in [7, 11) is 5.30. The van der Waals surface area contributed by atoms with Gasteiger partial charge in [0.15, 0.2) is 0 Å². The lowest BCUT2D eigenvalue weighted by Crippen LogP contribution is -2.41. The first-order valence-electron chi connectivity index (χ1n) is 2.75. The van der Waals surface area contributed by atoms with Crippen LogP contribution in [0.15, 0.2) is 4.99 Å². The van der Waals surface area contributed by atoms with Crippen LogP contribution < -0.4 is 0 Å². The molecule has 0 spiro atoms. The van der Waals surface area contributed by atoms with Crippen molar-refractivity contribution in [2.45, 2.75) is 0 Å². The molecule has 0 saturated carbocycles. The Hall–Kier alpha value is 0.550. The molecule has 1 unspecified atom stereocenters. The summed E-state index contributed by atoms with van der Waals surface area (Å²) in [5.74, 6) is 0. The molecule has 0 aliphatic rings. The van der Waals surface area contributed by atoms with E-state index < -0.39 is 0 Å². The van der Waals surface area contributed by atoms with E-state index in [-0.39, 0.29) is 9.45 Å². The summed E-state index contributed by atoms with van der Waals surface area (Å²) in [6.07, 6.45) is 1.95. The van der Waals surface area contributed by atoms with E-state index in [1.165, 1.54) is 0 Å². The number of nitrogens with zero attached hydrogens (tertiary/aromatic N) is 2. The maximum Gasteiger partial charge on any atom is 0.244 e. The Bertz CT molecular complexity index is 168. The minimum atomic E-state index is -0.221. The van der Waals surface area contributed by atoms with Crippen LogP contribution in [0.1, 0.15) is 0 Å². The van der Waals surface area contributed by atoms with Crippen LogP contribution in [0, 0.1) is 0 Å². The number of quaternary nitrogens is 1. The van der Waals surface area contributed by atoms with Crippen molar-refractivity contribution < 1.29 is 3.89 Å². The van der Waals surface area contributed by atoms with E-state index in [1.54, 1.807) is 7.05 Å². The lowest BCUT2D eigenvalue weighted by atomic mass is 10.9. The van der Waals surface area contributed by atoms with Crippen molar-refractivity contribution in [3.63, 3.8) is 0 Å². The fourth-order valence-electron chi connectivity index (χ4n) is 0.679. The average molecular weight is 196 g/mol. The van der Waals surface area contributed by atoms with Crippen LogP contribution in [-0.2, 0) is 33.5 Å². The summed E-state index contributed by atoms with van der Waals surface area (Å²) in [5.41, 5.74) is 0. The van der Waals surface area contributed by atoms with Crippen LogP contribution in [0.4, 0.5) is 0 Å². The normalized spacial score (nSPS) is 17.1. The minimum Gasteiger partial charge on any atom is -0.486 e. The molecule has 0 radical (unpaired) electrons. The molecular formula is C5H12N2S3.